The van der Waals surface area contributed by atoms with E-state index < -0.39 is 0 Å². The average molecular weight is 468 g/mol. The molecule has 0 aliphatic carbocycles. The van der Waals surface area contributed by atoms with Crippen LogP contribution in [0, 0.1) is 19.8 Å². The van der Waals surface area contributed by atoms with Crippen LogP contribution in [0.4, 0.5) is 0 Å². The van der Waals surface area contributed by atoms with Crippen LogP contribution in [0.15, 0.2) is 24.3 Å². The zero-order valence-corrected chi connectivity index (χ0v) is 20.8. The van der Waals surface area contributed by atoms with E-state index in [4.69, 9.17) is 4.74 Å². The van der Waals surface area contributed by atoms with Gasteiger partial charge in [-0.25, -0.2) is 4.79 Å². The maximum Gasteiger partial charge on any atom is 0.355 e. The lowest BCUT2D eigenvalue weighted by molar-refractivity contribution is -0.135. The highest BCUT2D eigenvalue weighted by atomic mass is 16.5. The number of esters is 1. The van der Waals surface area contributed by atoms with Crippen LogP contribution in [-0.2, 0) is 33.7 Å². The van der Waals surface area contributed by atoms with E-state index in [2.05, 4.69) is 29.4 Å². The van der Waals surface area contributed by atoms with E-state index in [9.17, 15) is 14.4 Å². The number of piperidine rings is 1. The largest absolute Gasteiger partial charge is 0.461 e. The number of nitrogens with one attached hydrogen (secondary N) is 2. The second kappa shape index (κ2) is 11.9. The van der Waals surface area contributed by atoms with Crippen molar-refractivity contribution in [2.24, 2.45) is 5.92 Å². The van der Waals surface area contributed by atoms with Gasteiger partial charge in [-0.2, -0.15) is 0 Å². The molecule has 2 heterocycles. The summed E-state index contributed by atoms with van der Waals surface area (Å²) in [6.07, 6.45) is 3.51. The number of nitrogens with zero attached hydrogens (tertiary/aromatic N) is 1. The Balaban J connectivity index is 1.52. The van der Waals surface area contributed by atoms with Crippen molar-refractivity contribution in [1.29, 1.82) is 0 Å². The molecular formula is C27H37N3O4. The molecule has 1 aliphatic heterocycles. The third-order valence-corrected chi connectivity index (χ3v) is 6.70. The number of carbonyl (C=O) groups is 3. The Kier molecular flexibility index (Phi) is 8.91. The van der Waals surface area contributed by atoms with Gasteiger partial charge in [0.25, 0.3) is 0 Å². The molecule has 1 saturated heterocycles. The molecule has 1 fully saturated rings. The molecule has 0 saturated carbocycles. The molecule has 34 heavy (non-hydrogen) atoms. The van der Waals surface area contributed by atoms with Gasteiger partial charge in [0, 0.05) is 31.7 Å². The first kappa shape index (κ1) is 25.5. The number of benzene rings is 1. The molecular weight excluding hydrogens is 430 g/mol. The monoisotopic (exact) mass is 467 g/mol. The smallest absolute Gasteiger partial charge is 0.355 e. The molecule has 2 N–H and O–H groups in total. The predicted molar refractivity (Wildman–Crippen MR) is 132 cm³/mol. The third kappa shape index (κ3) is 6.27. The van der Waals surface area contributed by atoms with E-state index in [0.29, 0.717) is 44.8 Å². The summed E-state index contributed by atoms with van der Waals surface area (Å²) in [6.45, 7) is 9.64. The van der Waals surface area contributed by atoms with Gasteiger partial charge in [-0.3, -0.25) is 9.59 Å². The fraction of sp³-hybridized carbons (Fsp3) is 0.519. The molecule has 0 spiro atoms. The van der Waals surface area contributed by atoms with Gasteiger partial charge in [0.1, 0.15) is 5.69 Å². The van der Waals surface area contributed by atoms with E-state index in [0.717, 1.165) is 41.6 Å². The van der Waals surface area contributed by atoms with E-state index >= 15 is 0 Å². The normalized spacial score (nSPS) is 15.8. The van der Waals surface area contributed by atoms with Crippen LogP contribution in [0.3, 0.4) is 0 Å². The first-order valence-corrected chi connectivity index (χ1v) is 12.3. The molecule has 1 aromatic heterocycles. The number of amides is 2. The van der Waals surface area contributed by atoms with Gasteiger partial charge >= 0.3 is 5.97 Å². The molecule has 1 atom stereocenters. The molecule has 0 unspecified atom stereocenters. The van der Waals surface area contributed by atoms with Crippen LogP contribution < -0.4 is 5.32 Å². The molecule has 2 amide bonds. The van der Waals surface area contributed by atoms with Crippen molar-refractivity contribution >= 4 is 17.8 Å². The number of H-pyrrole nitrogens is 1. The Labute approximate surface area is 202 Å². The maximum absolute atomic E-state index is 12.9. The average Bonchev–Trinajstić information content (AvgIpc) is 3.14. The van der Waals surface area contributed by atoms with Crippen molar-refractivity contribution in [2.45, 2.75) is 66.3 Å². The molecule has 7 heteroatoms. The molecule has 0 radical (unpaired) electrons. The van der Waals surface area contributed by atoms with Crippen molar-refractivity contribution in [2.75, 3.05) is 19.7 Å². The number of hydrogen-bond acceptors (Lipinski definition) is 4. The first-order valence-electron chi connectivity index (χ1n) is 12.3. The number of likely N-dealkylation sites (tertiary alicyclic amines) is 1. The molecule has 184 valence electrons. The van der Waals surface area contributed by atoms with Crippen LogP contribution in [0.1, 0.15) is 71.5 Å². The molecule has 1 aliphatic rings. The second-order valence-corrected chi connectivity index (χ2v) is 9.02. The van der Waals surface area contributed by atoms with E-state index in [1.165, 1.54) is 5.56 Å². The summed E-state index contributed by atoms with van der Waals surface area (Å²) in [5, 5.41) is 3.04. The topological polar surface area (TPSA) is 91.5 Å². The summed E-state index contributed by atoms with van der Waals surface area (Å²) in [6, 6.07) is 8.28. The maximum atomic E-state index is 12.9. The summed E-state index contributed by atoms with van der Waals surface area (Å²) in [5.41, 5.74) is 5.52. The standard InChI is InChI=1S/C27H37N3O4/c1-5-20-9-11-21(12-10-20)16-28-26(32)22-8-7-15-30(17-22)24(31)14-13-23-18(3)25(29-19(23)4)27(33)34-6-2/h9-12,22,29H,5-8,13-17H2,1-4H3,(H,28,32)/t22-/m1/s1. The minimum atomic E-state index is -0.369. The third-order valence-electron chi connectivity index (χ3n) is 6.70. The molecule has 3 rings (SSSR count). The zero-order valence-electron chi connectivity index (χ0n) is 20.8. The second-order valence-electron chi connectivity index (χ2n) is 9.02. The quantitative estimate of drug-likeness (QED) is 0.548. The van der Waals surface area contributed by atoms with E-state index in [-0.39, 0.29) is 23.7 Å². The van der Waals surface area contributed by atoms with Crippen molar-refractivity contribution in [3.63, 3.8) is 0 Å². The Morgan fingerprint density at radius 1 is 1.12 bits per heavy atom. The number of ether oxygens (including phenoxy) is 1. The minimum absolute atomic E-state index is 0.00784. The fourth-order valence-corrected chi connectivity index (χ4v) is 4.61. The highest BCUT2D eigenvalue weighted by Crippen LogP contribution is 2.22. The number of aryl methyl sites for hydroxylation is 2. The van der Waals surface area contributed by atoms with Gasteiger partial charge in [0.05, 0.1) is 12.5 Å². The lowest BCUT2D eigenvalue weighted by Gasteiger charge is -2.32. The summed E-state index contributed by atoms with van der Waals surface area (Å²) in [5.74, 6) is -0.496. The number of aromatic nitrogens is 1. The van der Waals surface area contributed by atoms with E-state index in [1.807, 2.05) is 30.9 Å². The Bertz CT molecular complexity index is 1010. The lowest BCUT2D eigenvalue weighted by atomic mass is 9.96. The number of hydrogen-bond donors (Lipinski definition) is 2. The SMILES string of the molecule is CCOC(=O)c1[nH]c(C)c(CCC(=O)N2CCC[C@@H](C(=O)NCc3ccc(CC)cc3)C2)c1C. The summed E-state index contributed by atoms with van der Waals surface area (Å²) < 4.78 is 5.11. The van der Waals surface area contributed by atoms with Crippen LogP contribution in [0.5, 0.6) is 0 Å². The molecule has 2 aromatic rings. The van der Waals surface area contributed by atoms with Crippen molar-refractivity contribution in [3.05, 3.63) is 57.9 Å². The summed E-state index contributed by atoms with van der Waals surface area (Å²) in [7, 11) is 0. The van der Waals surface area contributed by atoms with Gasteiger partial charge in [-0.1, -0.05) is 31.2 Å². The van der Waals surface area contributed by atoms with Crippen molar-refractivity contribution < 1.29 is 19.1 Å². The van der Waals surface area contributed by atoms with Gasteiger partial charge < -0.3 is 19.9 Å². The Hall–Kier alpha value is -3.09. The minimum Gasteiger partial charge on any atom is -0.461 e. The molecule has 0 bridgehead atoms. The van der Waals surface area contributed by atoms with Crippen LogP contribution in [-0.4, -0.2) is 47.4 Å². The van der Waals surface area contributed by atoms with Gasteiger partial charge in [0.2, 0.25) is 11.8 Å². The van der Waals surface area contributed by atoms with Crippen LogP contribution in [0.25, 0.3) is 0 Å². The zero-order chi connectivity index (χ0) is 24.7. The van der Waals surface area contributed by atoms with E-state index in [1.54, 1.807) is 6.92 Å². The summed E-state index contributed by atoms with van der Waals surface area (Å²) in [4.78, 5) is 42.7. The van der Waals surface area contributed by atoms with Gasteiger partial charge in [0.15, 0.2) is 0 Å². The number of aromatic amines is 1. The highest BCUT2D eigenvalue weighted by Gasteiger charge is 2.28. The highest BCUT2D eigenvalue weighted by molar-refractivity contribution is 5.90. The van der Waals surface area contributed by atoms with Crippen molar-refractivity contribution in [1.82, 2.24) is 15.2 Å². The first-order chi connectivity index (χ1) is 16.3. The fourth-order valence-electron chi connectivity index (χ4n) is 4.61. The predicted octanol–water partition coefficient (Wildman–Crippen LogP) is 3.86. The lowest BCUT2D eigenvalue weighted by Crippen LogP contribution is -2.45. The van der Waals surface area contributed by atoms with Crippen LogP contribution in [0.2, 0.25) is 0 Å². The van der Waals surface area contributed by atoms with Crippen LogP contribution >= 0.6 is 0 Å². The number of rotatable bonds is 9. The molecule has 1 aromatic carbocycles. The van der Waals surface area contributed by atoms with Crippen molar-refractivity contribution in [3.8, 4) is 0 Å². The van der Waals surface area contributed by atoms with Gasteiger partial charge in [-0.05, 0) is 68.7 Å². The summed E-state index contributed by atoms with van der Waals surface area (Å²) >= 11 is 0. The Morgan fingerprint density at radius 3 is 2.50 bits per heavy atom. The number of carbonyl (C=O) groups excluding carboxylic acids is 3. The Morgan fingerprint density at radius 2 is 1.82 bits per heavy atom. The molecule has 7 nitrogen and oxygen atoms in total. The van der Waals surface area contributed by atoms with Gasteiger partial charge in [-0.15, -0.1) is 0 Å².